The number of carbonyl (C=O) groups is 3. The maximum atomic E-state index is 13.2. The highest BCUT2D eigenvalue weighted by Crippen LogP contribution is 2.40. The molecule has 0 radical (unpaired) electrons. The molecule has 2 aliphatic rings. The molecule has 7 nitrogen and oxygen atoms in total. The molecule has 34 heavy (non-hydrogen) atoms. The van der Waals surface area contributed by atoms with Crippen LogP contribution in [0, 0.1) is 5.92 Å². The molecular weight excluding hydrogens is 500 g/mol. The number of hydrogen-bond acceptors (Lipinski definition) is 6. The average molecular weight is 529 g/mol. The highest BCUT2D eigenvalue weighted by atomic mass is 79.9. The van der Waals surface area contributed by atoms with E-state index in [1.807, 2.05) is 37.4 Å². The molecule has 2 bridgehead atoms. The fraction of sp³-hybridized carbons (Fsp3) is 0.423. The first-order valence-corrected chi connectivity index (χ1v) is 12.7. The van der Waals surface area contributed by atoms with Crippen LogP contribution in [-0.2, 0) is 25.5 Å². The smallest absolute Gasteiger partial charge is 0.338 e. The van der Waals surface area contributed by atoms with E-state index in [0.717, 1.165) is 18.4 Å². The summed E-state index contributed by atoms with van der Waals surface area (Å²) in [4.78, 5) is 39.6. The minimum Gasteiger partial charge on any atom is -0.465 e. The first kappa shape index (κ1) is 24.4. The summed E-state index contributed by atoms with van der Waals surface area (Å²) in [5, 5.41) is 3.01. The SMILES string of the molecule is CN1C2CC[C@@H]1C[C@H](OC(=O)c1ccccc1)[C@@H]2C(=O)OCCc1ccc(NC(=O)CBr)cc1. The number of nitrogens with one attached hydrogen (secondary N) is 1. The molecule has 0 spiro atoms. The van der Waals surface area contributed by atoms with E-state index < -0.39 is 18.0 Å². The van der Waals surface area contributed by atoms with Crippen molar-refractivity contribution in [1.82, 2.24) is 4.90 Å². The van der Waals surface area contributed by atoms with Crippen LogP contribution in [0.25, 0.3) is 0 Å². The summed E-state index contributed by atoms with van der Waals surface area (Å²) in [5.74, 6) is -1.34. The molecule has 0 aliphatic carbocycles. The lowest BCUT2D eigenvalue weighted by atomic mass is 9.87. The van der Waals surface area contributed by atoms with E-state index in [0.29, 0.717) is 30.1 Å². The van der Waals surface area contributed by atoms with E-state index in [4.69, 9.17) is 9.47 Å². The molecule has 2 fully saturated rings. The molecule has 2 heterocycles. The highest BCUT2D eigenvalue weighted by molar-refractivity contribution is 9.09. The Balaban J connectivity index is 1.36. The molecule has 1 unspecified atom stereocenters. The van der Waals surface area contributed by atoms with Crippen LogP contribution < -0.4 is 5.32 Å². The van der Waals surface area contributed by atoms with Crippen LogP contribution in [0.3, 0.4) is 0 Å². The molecule has 4 atom stereocenters. The fourth-order valence-corrected chi connectivity index (χ4v) is 5.09. The van der Waals surface area contributed by atoms with Crippen molar-refractivity contribution in [2.75, 3.05) is 24.3 Å². The van der Waals surface area contributed by atoms with Gasteiger partial charge in [-0.25, -0.2) is 4.79 Å². The Bertz CT molecular complexity index is 1010. The van der Waals surface area contributed by atoms with Gasteiger partial charge in [-0.15, -0.1) is 0 Å². The van der Waals surface area contributed by atoms with Crippen molar-refractivity contribution >= 4 is 39.5 Å². The Labute approximate surface area is 207 Å². The lowest BCUT2D eigenvalue weighted by Gasteiger charge is -2.40. The highest BCUT2D eigenvalue weighted by Gasteiger charge is 2.51. The van der Waals surface area contributed by atoms with E-state index in [2.05, 4.69) is 26.1 Å². The van der Waals surface area contributed by atoms with E-state index >= 15 is 0 Å². The van der Waals surface area contributed by atoms with Gasteiger partial charge in [-0.05, 0) is 49.7 Å². The summed E-state index contributed by atoms with van der Waals surface area (Å²) in [6.07, 6.45) is 2.58. The van der Waals surface area contributed by atoms with Crippen molar-refractivity contribution in [2.45, 2.75) is 43.9 Å². The number of piperidine rings is 1. The maximum absolute atomic E-state index is 13.2. The van der Waals surface area contributed by atoms with Crippen LogP contribution in [0.2, 0.25) is 0 Å². The maximum Gasteiger partial charge on any atom is 0.338 e. The molecular formula is C26H29BrN2O5. The summed E-state index contributed by atoms with van der Waals surface area (Å²) in [7, 11) is 2.04. The van der Waals surface area contributed by atoms with Gasteiger partial charge in [-0.1, -0.05) is 46.3 Å². The minimum atomic E-state index is -0.502. The van der Waals surface area contributed by atoms with E-state index in [1.54, 1.807) is 24.3 Å². The summed E-state index contributed by atoms with van der Waals surface area (Å²) in [6.45, 7) is 0.238. The zero-order valence-corrected chi connectivity index (χ0v) is 20.7. The number of ether oxygens (including phenoxy) is 2. The number of fused-ring (bicyclic) bond motifs is 2. The van der Waals surface area contributed by atoms with E-state index in [-0.39, 0.29) is 29.9 Å². The topological polar surface area (TPSA) is 84.9 Å². The standard InChI is InChI=1S/C26H29BrN2O5/c1-29-20-11-12-21(29)24(22(15-20)34-25(31)18-5-3-2-4-6-18)26(32)33-14-13-17-7-9-19(10-8-17)28-23(30)16-27/h2-10,20-22,24H,11-16H2,1H3,(H,28,30)/t20-,21?,22+,24-/m1/s1. The molecule has 2 aromatic carbocycles. The zero-order valence-electron chi connectivity index (χ0n) is 19.1. The average Bonchev–Trinajstić information content (AvgIpc) is 3.08. The van der Waals surface area contributed by atoms with Gasteiger partial charge < -0.3 is 14.8 Å². The van der Waals surface area contributed by atoms with E-state index in [1.165, 1.54) is 0 Å². The van der Waals surface area contributed by atoms with Gasteiger partial charge in [0, 0.05) is 30.6 Å². The van der Waals surface area contributed by atoms with Crippen molar-refractivity contribution in [3.05, 3.63) is 65.7 Å². The van der Waals surface area contributed by atoms with E-state index in [9.17, 15) is 14.4 Å². The van der Waals surface area contributed by atoms with Gasteiger partial charge >= 0.3 is 11.9 Å². The Morgan fingerprint density at radius 1 is 1.06 bits per heavy atom. The number of halogens is 1. The number of nitrogens with zero attached hydrogens (tertiary/aromatic N) is 1. The Kier molecular flexibility index (Phi) is 8.00. The third kappa shape index (κ3) is 5.67. The van der Waals surface area contributed by atoms with Gasteiger partial charge in [0.1, 0.15) is 12.0 Å². The lowest BCUT2D eigenvalue weighted by molar-refractivity contribution is -0.159. The summed E-state index contributed by atoms with van der Waals surface area (Å²) in [5.41, 5.74) is 2.20. The summed E-state index contributed by atoms with van der Waals surface area (Å²) in [6, 6.07) is 16.6. The number of amides is 1. The molecule has 2 saturated heterocycles. The number of hydrogen-bond donors (Lipinski definition) is 1. The van der Waals surface area contributed by atoms with Crippen LogP contribution in [-0.4, -0.2) is 59.9 Å². The molecule has 1 N–H and O–H groups in total. The molecule has 0 aromatic heterocycles. The molecule has 2 aromatic rings. The monoisotopic (exact) mass is 528 g/mol. The number of esters is 2. The quantitative estimate of drug-likeness (QED) is 0.414. The van der Waals surface area contributed by atoms with Gasteiger partial charge in [-0.2, -0.15) is 0 Å². The largest absolute Gasteiger partial charge is 0.465 e. The normalized spacial score (nSPS) is 23.8. The summed E-state index contributed by atoms with van der Waals surface area (Å²) >= 11 is 3.12. The first-order chi connectivity index (χ1) is 16.5. The predicted octanol–water partition coefficient (Wildman–Crippen LogP) is 3.81. The van der Waals surface area contributed by atoms with Crippen LogP contribution in [0.5, 0.6) is 0 Å². The second-order valence-electron chi connectivity index (χ2n) is 8.83. The van der Waals surface area contributed by atoms with Crippen molar-refractivity contribution < 1.29 is 23.9 Å². The van der Waals surface area contributed by atoms with Gasteiger partial charge in [0.2, 0.25) is 5.91 Å². The Morgan fingerprint density at radius 3 is 2.50 bits per heavy atom. The van der Waals surface area contributed by atoms with Crippen molar-refractivity contribution in [3.8, 4) is 0 Å². The molecule has 2 aliphatic heterocycles. The van der Waals surface area contributed by atoms with Gasteiger partial charge in [0.05, 0.1) is 17.5 Å². The number of alkyl halides is 1. The molecule has 8 heteroatoms. The second-order valence-corrected chi connectivity index (χ2v) is 9.39. The molecule has 1 amide bonds. The van der Waals surface area contributed by atoms with Gasteiger partial charge in [0.25, 0.3) is 0 Å². The van der Waals surface area contributed by atoms with Crippen molar-refractivity contribution in [3.63, 3.8) is 0 Å². The van der Waals surface area contributed by atoms with Crippen molar-refractivity contribution in [2.24, 2.45) is 5.92 Å². The minimum absolute atomic E-state index is 0.0113. The number of benzene rings is 2. The summed E-state index contributed by atoms with van der Waals surface area (Å²) < 4.78 is 11.5. The third-order valence-corrected chi connectivity index (χ3v) is 7.26. The van der Waals surface area contributed by atoms with Crippen molar-refractivity contribution in [1.29, 1.82) is 0 Å². The molecule has 180 valence electrons. The van der Waals surface area contributed by atoms with Crippen LogP contribution in [0.1, 0.15) is 35.2 Å². The van der Waals surface area contributed by atoms with Gasteiger partial charge in [0.15, 0.2) is 0 Å². The predicted molar refractivity (Wildman–Crippen MR) is 132 cm³/mol. The number of rotatable bonds is 8. The number of anilines is 1. The van der Waals surface area contributed by atoms with Crippen LogP contribution >= 0.6 is 15.9 Å². The molecule has 0 saturated carbocycles. The van der Waals surface area contributed by atoms with Crippen LogP contribution in [0.15, 0.2) is 54.6 Å². The lowest BCUT2D eigenvalue weighted by Crippen LogP contribution is -2.53. The first-order valence-electron chi connectivity index (χ1n) is 11.6. The third-order valence-electron chi connectivity index (χ3n) is 6.75. The van der Waals surface area contributed by atoms with Crippen LogP contribution in [0.4, 0.5) is 5.69 Å². The molecule has 4 rings (SSSR count). The zero-order chi connectivity index (χ0) is 24.1. The Hall–Kier alpha value is -2.71. The fourth-order valence-electron chi connectivity index (χ4n) is 4.95. The second kappa shape index (κ2) is 11.1. The van der Waals surface area contributed by atoms with Gasteiger partial charge in [-0.3, -0.25) is 14.5 Å². The number of carbonyl (C=O) groups excluding carboxylic acids is 3. The Morgan fingerprint density at radius 2 is 1.79 bits per heavy atom.